The molecule has 5 heteroatoms. The number of halogens is 1. The maximum absolute atomic E-state index is 13.6. The van der Waals surface area contributed by atoms with Crippen LogP contribution in [0.1, 0.15) is 35.6 Å². The van der Waals surface area contributed by atoms with Gasteiger partial charge < -0.3 is 10.1 Å². The molecule has 1 aliphatic heterocycles. The third-order valence-corrected chi connectivity index (χ3v) is 4.94. The van der Waals surface area contributed by atoms with Gasteiger partial charge in [0.25, 0.3) is 0 Å². The van der Waals surface area contributed by atoms with Crippen molar-refractivity contribution in [2.45, 2.75) is 32.4 Å². The SMILES string of the molecule is COc1ccc(C2CCCN2CC(=O)NCc2ccc(C)c(F)c2)cc1. The van der Waals surface area contributed by atoms with Gasteiger partial charge in [0.15, 0.2) is 0 Å². The lowest BCUT2D eigenvalue weighted by molar-refractivity contribution is -0.122. The summed E-state index contributed by atoms with van der Waals surface area (Å²) in [6.45, 7) is 3.33. The van der Waals surface area contributed by atoms with Crippen molar-refractivity contribution >= 4 is 5.91 Å². The Morgan fingerprint density at radius 3 is 2.73 bits per heavy atom. The van der Waals surface area contributed by atoms with E-state index in [0.29, 0.717) is 18.7 Å². The number of rotatable bonds is 6. The molecule has 1 N–H and O–H groups in total. The number of ether oxygens (including phenoxy) is 1. The zero-order valence-electron chi connectivity index (χ0n) is 15.3. The first kappa shape index (κ1) is 18.4. The van der Waals surface area contributed by atoms with E-state index in [9.17, 15) is 9.18 Å². The Morgan fingerprint density at radius 2 is 2.04 bits per heavy atom. The van der Waals surface area contributed by atoms with Crippen molar-refractivity contribution in [3.05, 3.63) is 65.0 Å². The van der Waals surface area contributed by atoms with E-state index >= 15 is 0 Å². The summed E-state index contributed by atoms with van der Waals surface area (Å²) in [6, 6.07) is 13.3. The summed E-state index contributed by atoms with van der Waals surface area (Å²) >= 11 is 0. The van der Waals surface area contributed by atoms with Gasteiger partial charge in [-0.05, 0) is 61.2 Å². The molecule has 1 heterocycles. The zero-order chi connectivity index (χ0) is 18.5. The predicted octanol–water partition coefficient (Wildman–Crippen LogP) is 3.60. The van der Waals surface area contributed by atoms with Crippen LogP contribution in [0.15, 0.2) is 42.5 Å². The van der Waals surface area contributed by atoms with Crippen LogP contribution in [0.25, 0.3) is 0 Å². The van der Waals surface area contributed by atoms with Gasteiger partial charge in [-0.1, -0.05) is 24.3 Å². The van der Waals surface area contributed by atoms with Crippen LogP contribution in [0.5, 0.6) is 5.75 Å². The Hall–Kier alpha value is -2.40. The lowest BCUT2D eigenvalue weighted by Gasteiger charge is -2.24. The smallest absolute Gasteiger partial charge is 0.234 e. The van der Waals surface area contributed by atoms with Gasteiger partial charge in [0.2, 0.25) is 5.91 Å². The van der Waals surface area contributed by atoms with Crippen LogP contribution in [-0.2, 0) is 11.3 Å². The molecule has 0 spiro atoms. The van der Waals surface area contributed by atoms with Crippen LogP contribution in [-0.4, -0.2) is 31.0 Å². The van der Waals surface area contributed by atoms with Crippen LogP contribution in [0.3, 0.4) is 0 Å². The summed E-state index contributed by atoms with van der Waals surface area (Å²) in [6.07, 6.45) is 2.12. The van der Waals surface area contributed by atoms with E-state index in [0.717, 1.165) is 30.7 Å². The first-order chi connectivity index (χ1) is 12.6. The molecule has 3 rings (SSSR count). The van der Waals surface area contributed by atoms with E-state index < -0.39 is 0 Å². The van der Waals surface area contributed by atoms with Crippen molar-refractivity contribution < 1.29 is 13.9 Å². The van der Waals surface area contributed by atoms with E-state index in [2.05, 4.69) is 22.3 Å². The average molecular weight is 356 g/mol. The second-order valence-corrected chi connectivity index (χ2v) is 6.76. The molecule has 0 radical (unpaired) electrons. The van der Waals surface area contributed by atoms with E-state index in [1.165, 1.54) is 11.6 Å². The number of nitrogens with one attached hydrogen (secondary N) is 1. The van der Waals surface area contributed by atoms with Crippen LogP contribution in [0.2, 0.25) is 0 Å². The van der Waals surface area contributed by atoms with Gasteiger partial charge in [0.05, 0.1) is 13.7 Å². The van der Waals surface area contributed by atoms with Crippen molar-refractivity contribution in [3.63, 3.8) is 0 Å². The molecule has 2 aromatic carbocycles. The molecule has 4 nitrogen and oxygen atoms in total. The van der Waals surface area contributed by atoms with E-state index in [1.807, 2.05) is 18.2 Å². The Balaban J connectivity index is 1.56. The fraction of sp³-hybridized carbons (Fsp3) is 0.381. The van der Waals surface area contributed by atoms with Crippen LogP contribution < -0.4 is 10.1 Å². The van der Waals surface area contributed by atoms with Crippen molar-refractivity contribution in [1.82, 2.24) is 10.2 Å². The summed E-state index contributed by atoms with van der Waals surface area (Å²) in [5, 5.41) is 2.90. The summed E-state index contributed by atoms with van der Waals surface area (Å²) in [5.74, 6) is 0.559. The van der Waals surface area contributed by atoms with Gasteiger partial charge in [-0.25, -0.2) is 4.39 Å². The van der Waals surface area contributed by atoms with Crippen LogP contribution >= 0.6 is 0 Å². The second-order valence-electron chi connectivity index (χ2n) is 6.76. The minimum absolute atomic E-state index is 0.0357. The van der Waals surface area contributed by atoms with Crippen molar-refractivity contribution in [1.29, 1.82) is 0 Å². The molecule has 0 aromatic heterocycles. The van der Waals surface area contributed by atoms with Gasteiger partial charge in [0.1, 0.15) is 11.6 Å². The molecular formula is C21H25FN2O2. The molecule has 1 amide bonds. The second kappa shape index (κ2) is 8.32. The topological polar surface area (TPSA) is 41.6 Å². The first-order valence-electron chi connectivity index (χ1n) is 8.96. The molecule has 0 aliphatic carbocycles. The largest absolute Gasteiger partial charge is 0.497 e. The number of hydrogen-bond donors (Lipinski definition) is 1. The molecular weight excluding hydrogens is 331 g/mol. The standard InChI is InChI=1S/C21H25FN2O2/c1-15-5-6-16(12-19(15)22)13-23-21(25)14-24-11-3-4-20(24)17-7-9-18(26-2)10-8-17/h5-10,12,20H,3-4,11,13-14H2,1-2H3,(H,23,25). The van der Waals surface area contributed by atoms with Crippen LogP contribution in [0, 0.1) is 12.7 Å². The summed E-state index contributed by atoms with van der Waals surface area (Å²) < 4.78 is 18.8. The fourth-order valence-electron chi connectivity index (χ4n) is 3.41. The maximum Gasteiger partial charge on any atom is 0.234 e. The number of benzene rings is 2. The molecule has 1 fully saturated rings. The van der Waals surface area contributed by atoms with Gasteiger partial charge in [0, 0.05) is 12.6 Å². The molecule has 1 saturated heterocycles. The maximum atomic E-state index is 13.6. The van der Waals surface area contributed by atoms with Gasteiger partial charge in [-0.2, -0.15) is 0 Å². The highest BCUT2D eigenvalue weighted by molar-refractivity contribution is 5.78. The predicted molar refractivity (Wildman–Crippen MR) is 99.5 cm³/mol. The number of nitrogens with zero attached hydrogens (tertiary/aromatic N) is 1. The Kier molecular flexibility index (Phi) is 5.89. The number of carbonyl (C=O) groups excluding carboxylic acids is 1. The molecule has 138 valence electrons. The fourth-order valence-corrected chi connectivity index (χ4v) is 3.41. The van der Waals surface area contributed by atoms with Crippen LogP contribution in [0.4, 0.5) is 4.39 Å². The number of methoxy groups -OCH3 is 1. The Bertz CT molecular complexity index is 761. The Labute approximate surface area is 154 Å². The average Bonchev–Trinajstić information content (AvgIpc) is 3.11. The highest BCUT2D eigenvalue weighted by Crippen LogP contribution is 2.32. The van der Waals surface area contributed by atoms with E-state index in [-0.39, 0.29) is 17.8 Å². The third-order valence-electron chi connectivity index (χ3n) is 4.94. The number of hydrogen-bond acceptors (Lipinski definition) is 3. The summed E-state index contributed by atoms with van der Waals surface area (Å²) in [5.41, 5.74) is 2.59. The first-order valence-corrected chi connectivity index (χ1v) is 8.96. The molecule has 1 aliphatic rings. The Morgan fingerprint density at radius 1 is 1.27 bits per heavy atom. The minimum Gasteiger partial charge on any atom is -0.497 e. The quantitative estimate of drug-likeness (QED) is 0.860. The van der Waals surface area contributed by atoms with Gasteiger partial charge in [-0.3, -0.25) is 9.69 Å². The normalized spacial score (nSPS) is 17.3. The van der Waals surface area contributed by atoms with Gasteiger partial charge in [-0.15, -0.1) is 0 Å². The van der Waals surface area contributed by atoms with Crippen molar-refractivity contribution in [2.75, 3.05) is 20.2 Å². The summed E-state index contributed by atoms with van der Waals surface area (Å²) in [7, 11) is 1.65. The lowest BCUT2D eigenvalue weighted by Crippen LogP contribution is -2.36. The minimum atomic E-state index is -0.240. The van der Waals surface area contributed by atoms with Gasteiger partial charge >= 0.3 is 0 Å². The molecule has 0 saturated carbocycles. The number of amides is 1. The number of likely N-dealkylation sites (tertiary alicyclic amines) is 1. The molecule has 1 atom stereocenters. The van der Waals surface area contributed by atoms with Crippen molar-refractivity contribution in [3.8, 4) is 5.75 Å². The molecule has 0 bridgehead atoms. The zero-order valence-corrected chi connectivity index (χ0v) is 15.3. The molecule has 26 heavy (non-hydrogen) atoms. The highest BCUT2D eigenvalue weighted by atomic mass is 19.1. The summed E-state index contributed by atoms with van der Waals surface area (Å²) in [4.78, 5) is 14.5. The number of carbonyl (C=O) groups is 1. The van der Waals surface area contributed by atoms with Crippen molar-refractivity contribution in [2.24, 2.45) is 0 Å². The number of aryl methyl sites for hydroxylation is 1. The third kappa shape index (κ3) is 4.41. The van der Waals surface area contributed by atoms with E-state index in [4.69, 9.17) is 4.74 Å². The highest BCUT2D eigenvalue weighted by Gasteiger charge is 2.27. The molecule has 1 unspecified atom stereocenters. The van der Waals surface area contributed by atoms with E-state index in [1.54, 1.807) is 20.1 Å². The lowest BCUT2D eigenvalue weighted by atomic mass is 10.0. The molecule has 2 aromatic rings. The monoisotopic (exact) mass is 356 g/mol.